The Morgan fingerprint density at radius 3 is 2.80 bits per heavy atom. The van der Waals surface area contributed by atoms with Crippen molar-refractivity contribution in [3.63, 3.8) is 0 Å². The summed E-state index contributed by atoms with van der Waals surface area (Å²) in [4.78, 5) is 0. The predicted molar refractivity (Wildman–Crippen MR) is 39.8 cm³/mol. The van der Waals surface area contributed by atoms with Crippen LogP contribution in [0.5, 0.6) is 0 Å². The van der Waals surface area contributed by atoms with Crippen LogP contribution in [0.15, 0.2) is 0 Å². The Labute approximate surface area is 64.5 Å². The van der Waals surface area contributed by atoms with Crippen LogP contribution in [0, 0.1) is 11.3 Å². The SMILES string of the molecule is CSC1CC2(C1)OC2C#N. The minimum absolute atomic E-state index is 0.0302. The number of ether oxygens (including phenoxy) is 1. The standard InChI is InChI=1S/C7H9NOS/c1-10-5-2-7(3-5)6(4-8)9-7/h5-6H,2-3H2,1H3. The number of hydrogen-bond acceptors (Lipinski definition) is 3. The van der Waals surface area contributed by atoms with Crippen molar-refractivity contribution in [2.75, 3.05) is 6.26 Å². The molecule has 2 fully saturated rings. The number of rotatable bonds is 1. The fourth-order valence-corrected chi connectivity index (χ4v) is 2.43. The van der Waals surface area contributed by atoms with Crippen molar-refractivity contribution in [3.05, 3.63) is 0 Å². The van der Waals surface area contributed by atoms with Crippen LogP contribution in [0.25, 0.3) is 0 Å². The van der Waals surface area contributed by atoms with Crippen molar-refractivity contribution in [1.82, 2.24) is 0 Å². The van der Waals surface area contributed by atoms with E-state index in [-0.39, 0.29) is 11.7 Å². The van der Waals surface area contributed by atoms with Gasteiger partial charge in [0.15, 0.2) is 6.10 Å². The first-order valence-electron chi connectivity index (χ1n) is 3.41. The van der Waals surface area contributed by atoms with Crippen LogP contribution in [-0.2, 0) is 4.74 Å². The van der Waals surface area contributed by atoms with Gasteiger partial charge in [0.2, 0.25) is 0 Å². The van der Waals surface area contributed by atoms with Gasteiger partial charge in [-0.2, -0.15) is 17.0 Å². The summed E-state index contributed by atoms with van der Waals surface area (Å²) in [5.41, 5.74) is 0.0302. The highest BCUT2D eigenvalue weighted by Gasteiger charge is 2.64. The quantitative estimate of drug-likeness (QED) is 0.533. The van der Waals surface area contributed by atoms with Crippen LogP contribution in [0.2, 0.25) is 0 Å². The van der Waals surface area contributed by atoms with E-state index in [1.807, 2.05) is 11.8 Å². The zero-order valence-corrected chi connectivity index (χ0v) is 6.65. The molecular formula is C7H9NOS. The van der Waals surface area contributed by atoms with E-state index < -0.39 is 0 Å². The molecule has 0 aromatic rings. The lowest BCUT2D eigenvalue weighted by molar-refractivity contribution is 0.206. The van der Waals surface area contributed by atoms with Crippen LogP contribution in [0.1, 0.15) is 12.8 Å². The number of nitrogens with zero attached hydrogens (tertiary/aromatic N) is 1. The molecule has 2 rings (SSSR count). The maximum Gasteiger partial charge on any atom is 0.173 e. The fourth-order valence-electron chi connectivity index (χ4n) is 1.53. The maximum atomic E-state index is 8.48. The highest BCUT2D eigenvalue weighted by Crippen LogP contribution is 2.55. The molecule has 1 aliphatic carbocycles. The van der Waals surface area contributed by atoms with E-state index in [2.05, 4.69) is 12.3 Å². The first-order chi connectivity index (χ1) is 4.80. The molecule has 1 saturated heterocycles. The fraction of sp³-hybridized carbons (Fsp3) is 0.857. The third-order valence-electron chi connectivity index (χ3n) is 2.37. The molecule has 2 aliphatic rings. The second-order valence-corrected chi connectivity index (χ2v) is 4.10. The molecule has 0 aromatic carbocycles. The predicted octanol–water partition coefficient (Wildman–Crippen LogP) is 1.17. The van der Waals surface area contributed by atoms with Crippen molar-refractivity contribution in [3.8, 4) is 6.07 Å². The Morgan fingerprint density at radius 2 is 2.40 bits per heavy atom. The van der Waals surface area contributed by atoms with Crippen molar-refractivity contribution in [2.24, 2.45) is 0 Å². The molecule has 10 heavy (non-hydrogen) atoms. The van der Waals surface area contributed by atoms with E-state index in [9.17, 15) is 0 Å². The summed E-state index contributed by atoms with van der Waals surface area (Å²) in [7, 11) is 0. The first-order valence-corrected chi connectivity index (χ1v) is 4.70. The van der Waals surface area contributed by atoms with Crippen molar-refractivity contribution < 1.29 is 4.74 Å². The molecule has 0 aromatic heterocycles. The third-order valence-corrected chi connectivity index (χ3v) is 3.37. The van der Waals surface area contributed by atoms with E-state index >= 15 is 0 Å². The van der Waals surface area contributed by atoms with Gasteiger partial charge in [-0.1, -0.05) is 0 Å². The van der Waals surface area contributed by atoms with E-state index in [1.165, 1.54) is 0 Å². The maximum absolute atomic E-state index is 8.48. The molecule has 1 heterocycles. The normalized spacial score (nSPS) is 50.0. The van der Waals surface area contributed by atoms with Gasteiger partial charge >= 0.3 is 0 Å². The van der Waals surface area contributed by atoms with Gasteiger partial charge < -0.3 is 4.74 Å². The zero-order chi connectivity index (χ0) is 7.19. The highest BCUT2D eigenvalue weighted by atomic mass is 32.2. The summed E-state index contributed by atoms with van der Waals surface area (Å²) < 4.78 is 5.25. The van der Waals surface area contributed by atoms with Gasteiger partial charge in [0.25, 0.3) is 0 Å². The second kappa shape index (κ2) is 1.90. The molecular weight excluding hydrogens is 146 g/mol. The summed E-state index contributed by atoms with van der Waals surface area (Å²) in [5.74, 6) is 0. The van der Waals surface area contributed by atoms with E-state index in [4.69, 9.17) is 10.00 Å². The average molecular weight is 155 g/mol. The molecule has 0 radical (unpaired) electrons. The van der Waals surface area contributed by atoms with Crippen LogP contribution < -0.4 is 0 Å². The second-order valence-electron chi connectivity index (χ2n) is 2.96. The molecule has 3 heteroatoms. The molecule has 1 saturated carbocycles. The summed E-state index contributed by atoms with van der Waals surface area (Å²) in [6, 6.07) is 2.14. The van der Waals surface area contributed by atoms with Crippen molar-refractivity contribution in [2.45, 2.75) is 29.8 Å². The summed E-state index contributed by atoms with van der Waals surface area (Å²) in [6.45, 7) is 0. The van der Waals surface area contributed by atoms with Gasteiger partial charge in [0.05, 0.1) is 6.07 Å². The number of thioether (sulfide) groups is 1. The Bertz CT molecular complexity index is 192. The van der Waals surface area contributed by atoms with Gasteiger partial charge in [-0.25, -0.2) is 0 Å². The van der Waals surface area contributed by atoms with E-state index in [0.717, 1.165) is 18.1 Å². The zero-order valence-electron chi connectivity index (χ0n) is 5.83. The lowest BCUT2D eigenvalue weighted by atomic mass is 9.82. The molecule has 0 amide bonds. The Kier molecular flexibility index (Phi) is 1.23. The lowest BCUT2D eigenvalue weighted by Gasteiger charge is -2.30. The number of hydrogen-bond donors (Lipinski definition) is 0. The van der Waals surface area contributed by atoms with Crippen LogP contribution >= 0.6 is 11.8 Å². The Hall–Kier alpha value is -0.200. The minimum Gasteiger partial charge on any atom is -0.350 e. The molecule has 1 atom stereocenters. The van der Waals surface area contributed by atoms with Crippen molar-refractivity contribution in [1.29, 1.82) is 5.26 Å². The van der Waals surface area contributed by atoms with Gasteiger partial charge in [-0.05, 0) is 19.1 Å². The van der Waals surface area contributed by atoms with Gasteiger partial charge in [-0.15, -0.1) is 0 Å². The smallest absolute Gasteiger partial charge is 0.173 e. The molecule has 1 spiro atoms. The molecule has 2 nitrogen and oxygen atoms in total. The molecule has 0 bridgehead atoms. The van der Waals surface area contributed by atoms with Gasteiger partial charge in [0.1, 0.15) is 5.60 Å². The average Bonchev–Trinajstić information content (AvgIpc) is 2.58. The molecule has 54 valence electrons. The highest BCUT2D eigenvalue weighted by molar-refractivity contribution is 7.99. The van der Waals surface area contributed by atoms with Gasteiger partial charge in [0, 0.05) is 5.25 Å². The summed E-state index contributed by atoms with van der Waals surface area (Å²) in [6.07, 6.45) is 4.22. The van der Waals surface area contributed by atoms with Crippen LogP contribution in [0.4, 0.5) is 0 Å². The summed E-state index contributed by atoms with van der Waals surface area (Å²) >= 11 is 1.88. The Morgan fingerprint density at radius 1 is 1.70 bits per heavy atom. The first kappa shape index (κ1) is 6.51. The van der Waals surface area contributed by atoms with Crippen LogP contribution in [-0.4, -0.2) is 23.2 Å². The molecule has 1 aliphatic heterocycles. The largest absolute Gasteiger partial charge is 0.350 e. The molecule has 0 N–H and O–H groups in total. The van der Waals surface area contributed by atoms with Crippen LogP contribution in [0.3, 0.4) is 0 Å². The summed E-state index contributed by atoms with van der Waals surface area (Å²) in [5, 5.41) is 9.23. The number of nitriles is 1. The molecule has 1 unspecified atom stereocenters. The number of epoxide rings is 1. The van der Waals surface area contributed by atoms with Gasteiger partial charge in [-0.3, -0.25) is 0 Å². The lowest BCUT2D eigenvalue weighted by Crippen LogP contribution is -2.36. The minimum atomic E-state index is -0.0732. The Balaban J connectivity index is 1.88. The third kappa shape index (κ3) is 0.694. The monoisotopic (exact) mass is 155 g/mol. The van der Waals surface area contributed by atoms with E-state index in [1.54, 1.807) is 0 Å². The van der Waals surface area contributed by atoms with Crippen molar-refractivity contribution >= 4 is 11.8 Å². The topological polar surface area (TPSA) is 36.3 Å². The van der Waals surface area contributed by atoms with E-state index in [0.29, 0.717) is 0 Å².